The molecule has 0 aromatic heterocycles. The fraction of sp³-hybridized carbons (Fsp3) is 0.562. The Hall–Kier alpha value is -2.12. The van der Waals surface area contributed by atoms with Crippen LogP contribution in [-0.4, -0.2) is 38.9 Å². The van der Waals surface area contributed by atoms with Crippen molar-refractivity contribution < 1.29 is 22.6 Å². The maximum Gasteiger partial charge on any atom is 0.422 e. The van der Waals surface area contributed by atoms with Crippen molar-refractivity contribution in [1.82, 2.24) is 10.6 Å². The van der Waals surface area contributed by atoms with Crippen LogP contribution in [0.15, 0.2) is 23.2 Å². The molecule has 0 bridgehead atoms. The molecule has 0 aliphatic rings. The lowest BCUT2D eigenvalue weighted by molar-refractivity contribution is -0.153. The Balaban J connectivity index is 2.70. The van der Waals surface area contributed by atoms with Crippen LogP contribution in [0.1, 0.15) is 25.8 Å². The first kappa shape index (κ1) is 19.9. The fourth-order valence-corrected chi connectivity index (χ4v) is 1.82. The lowest BCUT2D eigenvalue weighted by atomic mass is 10.2. The van der Waals surface area contributed by atoms with E-state index >= 15 is 0 Å². The van der Waals surface area contributed by atoms with E-state index in [0.29, 0.717) is 12.5 Å². The summed E-state index contributed by atoms with van der Waals surface area (Å²) in [5.41, 5.74) is 0.832. The van der Waals surface area contributed by atoms with Gasteiger partial charge in [0.05, 0.1) is 7.11 Å². The maximum absolute atomic E-state index is 12.2. The monoisotopic (exact) mass is 347 g/mol. The van der Waals surface area contributed by atoms with Gasteiger partial charge >= 0.3 is 6.18 Å². The number of ether oxygens (including phenoxy) is 2. The summed E-state index contributed by atoms with van der Waals surface area (Å²) in [7, 11) is 3.06. The van der Waals surface area contributed by atoms with Crippen LogP contribution in [-0.2, 0) is 6.54 Å². The third-order valence-electron chi connectivity index (χ3n) is 3.30. The van der Waals surface area contributed by atoms with Crippen molar-refractivity contribution in [2.24, 2.45) is 4.99 Å². The number of rotatable bonds is 7. The summed E-state index contributed by atoms with van der Waals surface area (Å²) >= 11 is 0. The molecule has 0 amide bonds. The predicted molar refractivity (Wildman–Crippen MR) is 87.6 cm³/mol. The molecule has 1 rings (SSSR count). The summed E-state index contributed by atoms with van der Waals surface area (Å²) in [5, 5.41) is 6.36. The van der Waals surface area contributed by atoms with Crippen molar-refractivity contribution in [3.8, 4) is 11.5 Å². The molecule has 1 atom stereocenters. The molecule has 0 heterocycles. The Morgan fingerprint density at radius 2 is 2.00 bits per heavy atom. The van der Waals surface area contributed by atoms with E-state index < -0.39 is 12.8 Å². The van der Waals surface area contributed by atoms with Crippen LogP contribution < -0.4 is 20.1 Å². The number of hydrogen-bond acceptors (Lipinski definition) is 3. The average Bonchev–Trinajstić information content (AvgIpc) is 2.55. The number of nitrogens with zero attached hydrogens (tertiary/aromatic N) is 1. The molecule has 1 unspecified atom stereocenters. The van der Waals surface area contributed by atoms with Crippen LogP contribution in [0, 0.1) is 0 Å². The molecule has 2 N–H and O–H groups in total. The first-order valence-electron chi connectivity index (χ1n) is 7.62. The molecule has 5 nitrogen and oxygen atoms in total. The largest absolute Gasteiger partial charge is 0.493 e. The molecule has 1 aromatic carbocycles. The highest BCUT2D eigenvalue weighted by Gasteiger charge is 2.29. The van der Waals surface area contributed by atoms with Crippen LogP contribution >= 0.6 is 0 Å². The quantitative estimate of drug-likeness (QED) is 0.588. The first-order chi connectivity index (χ1) is 11.3. The van der Waals surface area contributed by atoms with Crippen molar-refractivity contribution in [2.75, 3.05) is 20.8 Å². The summed E-state index contributed by atoms with van der Waals surface area (Å²) < 4.78 is 46.6. The predicted octanol–water partition coefficient (Wildman–Crippen LogP) is 3.10. The van der Waals surface area contributed by atoms with Gasteiger partial charge in [-0.25, -0.2) is 0 Å². The summed E-state index contributed by atoms with van der Waals surface area (Å²) in [6.07, 6.45) is -3.43. The minimum atomic E-state index is -4.39. The van der Waals surface area contributed by atoms with E-state index in [9.17, 15) is 13.2 Å². The molecule has 0 radical (unpaired) electrons. The van der Waals surface area contributed by atoms with E-state index in [4.69, 9.17) is 9.47 Å². The van der Waals surface area contributed by atoms with Crippen LogP contribution in [0.25, 0.3) is 0 Å². The van der Waals surface area contributed by atoms with Gasteiger partial charge in [0.15, 0.2) is 24.1 Å². The van der Waals surface area contributed by atoms with Crippen molar-refractivity contribution >= 4 is 5.96 Å². The Morgan fingerprint density at radius 1 is 1.29 bits per heavy atom. The number of benzene rings is 1. The van der Waals surface area contributed by atoms with Gasteiger partial charge in [-0.15, -0.1) is 0 Å². The lowest BCUT2D eigenvalue weighted by Gasteiger charge is -2.17. The Kier molecular flexibility index (Phi) is 7.67. The third kappa shape index (κ3) is 6.97. The standard InChI is InChI=1S/C16H24F3N3O2/c1-5-11(2)22-15(20-3)21-9-12-6-7-13(14(8-12)23-4)24-10-16(17,18)19/h6-8,11H,5,9-10H2,1-4H3,(H2,20,21,22). The van der Waals surface area contributed by atoms with Gasteiger partial charge in [-0.1, -0.05) is 13.0 Å². The number of aliphatic imine (C=N–C) groups is 1. The lowest BCUT2D eigenvalue weighted by Crippen LogP contribution is -2.41. The molecule has 0 spiro atoms. The van der Waals surface area contributed by atoms with Crippen LogP contribution in [0.5, 0.6) is 11.5 Å². The Labute approximate surface area is 140 Å². The van der Waals surface area contributed by atoms with E-state index in [2.05, 4.69) is 22.5 Å². The number of halogens is 3. The number of methoxy groups -OCH3 is 1. The summed E-state index contributed by atoms with van der Waals surface area (Å²) in [4.78, 5) is 4.12. The van der Waals surface area contributed by atoms with Crippen LogP contribution in [0.2, 0.25) is 0 Å². The van der Waals surface area contributed by atoms with E-state index in [1.807, 2.05) is 6.92 Å². The second-order valence-electron chi connectivity index (χ2n) is 5.27. The van der Waals surface area contributed by atoms with Crippen molar-refractivity contribution in [3.63, 3.8) is 0 Å². The molecule has 1 aromatic rings. The van der Waals surface area contributed by atoms with Crippen LogP contribution in [0.4, 0.5) is 13.2 Å². The molecule has 0 aliphatic heterocycles. The molecule has 0 saturated heterocycles. The van der Waals surface area contributed by atoms with Gasteiger partial charge in [0, 0.05) is 19.6 Å². The topological polar surface area (TPSA) is 54.9 Å². The Bertz CT molecular complexity index is 548. The highest BCUT2D eigenvalue weighted by molar-refractivity contribution is 5.79. The van der Waals surface area contributed by atoms with Gasteiger partial charge in [0.25, 0.3) is 0 Å². The Morgan fingerprint density at radius 3 is 2.54 bits per heavy atom. The maximum atomic E-state index is 12.2. The summed E-state index contributed by atoms with van der Waals surface area (Å²) in [6, 6.07) is 5.06. The highest BCUT2D eigenvalue weighted by atomic mass is 19.4. The zero-order chi connectivity index (χ0) is 18.2. The fourth-order valence-electron chi connectivity index (χ4n) is 1.82. The van der Waals surface area contributed by atoms with E-state index in [1.54, 1.807) is 19.2 Å². The third-order valence-corrected chi connectivity index (χ3v) is 3.30. The van der Waals surface area contributed by atoms with Crippen molar-refractivity contribution in [3.05, 3.63) is 23.8 Å². The second-order valence-corrected chi connectivity index (χ2v) is 5.27. The van der Waals surface area contributed by atoms with Gasteiger partial charge in [-0.05, 0) is 31.0 Å². The normalized spacial score (nSPS) is 13.4. The van der Waals surface area contributed by atoms with Gasteiger partial charge in [0.1, 0.15) is 0 Å². The van der Waals surface area contributed by atoms with Gasteiger partial charge in [-0.3, -0.25) is 4.99 Å². The van der Waals surface area contributed by atoms with E-state index in [1.165, 1.54) is 13.2 Å². The molecule has 136 valence electrons. The van der Waals surface area contributed by atoms with Crippen LogP contribution in [0.3, 0.4) is 0 Å². The van der Waals surface area contributed by atoms with Crippen molar-refractivity contribution in [2.45, 2.75) is 39.0 Å². The van der Waals surface area contributed by atoms with E-state index in [-0.39, 0.29) is 17.5 Å². The number of hydrogen-bond donors (Lipinski definition) is 2. The molecular weight excluding hydrogens is 323 g/mol. The molecule has 8 heteroatoms. The van der Waals surface area contributed by atoms with Gasteiger partial charge in [0.2, 0.25) is 0 Å². The van der Waals surface area contributed by atoms with Gasteiger partial charge < -0.3 is 20.1 Å². The molecule has 0 saturated carbocycles. The number of nitrogens with one attached hydrogen (secondary N) is 2. The zero-order valence-electron chi connectivity index (χ0n) is 14.3. The average molecular weight is 347 g/mol. The molecule has 24 heavy (non-hydrogen) atoms. The molecular formula is C16H24F3N3O2. The second kappa shape index (κ2) is 9.24. The minimum absolute atomic E-state index is 0.0562. The smallest absolute Gasteiger partial charge is 0.422 e. The minimum Gasteiger partial charge on any atom is -0.493 e. The molecule has 0 fully saturated rings. The zero-order valence-corrected chi connectivity index (χ0v) is 14.3. The summed E-state index contributed by atoms with van der Waals surface area (Å²) in [6.45, 7) is 3.20. The van der Waals surface area contributed by atoms with Gasteiger partial charge in [-0.2, -0.15) is 13.2 Å². The SMILES string of the molecule is CCC(C)NC(=NC)NCc1ccc(OCC(F)(F)F)c(OC)c1. The first-order valence-corrected chi connectivity index (χ1v) is 7.62. The number of alkyl halides is 3. The summed E-state index contributed by atoms with van der Waals surface area (Å²) in [5.74, 6) is 0.963. The van der Waals surface area contributed by atoms with Crippen molar-refractivity contribution in [1.29, 1.82) is 0 Å². The molecule has 0 aliphatic carbocycles. The number of guanidine groups is 1. The van der Waals surface area contributed by atoms with E-state index in [0.717, 1.165) is 12.0 Å². The highest BCUT2D eigenvalue weighted by Crippen LogP contribution is 2.29.